The fourth-order valence-corrected chi connectivity index (χ4v) is 6.90. The lowest BCUT2D eigenvalue weighted by molar-refractivity contribution is -0.163. The molecule has 0 aliphatic carbocycles. The largest absolute Gasteiger partial charge is 0.462 e. The van der Waals surface area contributed by atoms with Crippen LogP contribution >= 0.6 is 0 Å². The van der Waals surface area contributed by atoms with Crippen LogP contribution < -0.4 is 0 Å². The Balaban J connectivity index is 4.33. The SMILES string of the molecule is CC/C=C\C/C=C\C/C=C\C/C=C\CCCCCCC(=O)OCC(COCCCCCCCC/C=C\CCCCCC)OC(=O)CCCCCCC/C=C\CCCCCC. The molecule has 0 saturated heterocycles. The van der Waals surface area contributed by atoms with Crippen LogP contribution in [0, 0.1) is 0 Å². The number of hydrogen-bond donors (Lipinski definition) is 0. The molecule has 0 rings (SSSR count). The van der Waals surface area contributed by atoms with Gasteiger partial charge < -0.3 is 14.2 Å². The van der Waals surface area contributed by atoms with Gasteiger partial charge in [-0.15, -0.1) is 0 Å². The molecule has 0 N–H and O–H groups in total. The third-order valence-electron chi connectivity index (χ3n) is 10.7. The van der Waals surface area contributed by atoms with Crippen molar-refractivity contribution in [1.29, 1.82) is 0 Å². The molecular weight excluding hydrogens is 741 g/mol. The highest BCUT2D eigenvalue weighted by Crippen LogP contribution is 2.13. The van der Waals surface area contributed by atoms with Crippen LogP contribution in [0.1, 0.15) is 239 Å². The third kappa shape index (κ3) is 48.0. The first-order valence-electron chi connectivity index (χ1n) is 25.5. The normalized spacial score (nSPS) is 12.8. The fourth-order valence-electron chi connectivity index (χ4n) is 6.90. The van der Waals surface area contributed by atoms with Crippen molar-refractivity contribution in [3.63, 3.8) is 0 Å². The molecular formula is C55H96O5. The van der Waals surface area contributed by atoms with E-state index in [0.29, 0.717) is 19.4 Å². The summed E-state index contributed by atoms with van der Waals surface area (Å²) in [5, 5.41) is 0. The van der Waals surface area contributed by atoms with Gasteiger partial charge in [-0.25, -0.2) is 0 Å². The lowest BCUT2D eigenvalue weighted by atomic mass is 10.1. The Kier molecular flexibility index (Phi) is 48.4. The van der Waals surface area contributed by atoms with E-state index < -0.39 is 6.10 Å². The van der Waals surface area contributed by atoms with Gasteiger partial charge in [0.1, 0.15) is 6.61 Å². The molecule has 0 aliphatic heterocycles. The van der Waals surface area contributed by atoms with Gasteiger partial charge in [0.2, 0.25) is 0 Å². The highest BCUT2D eigenvalue weighted by Gasteiger charge is 2.17. The third-order valence-corrected chi connectivity index (χ3v) is 10.7. The predicted octanol–water partition coefficient (Wildman–Crippen LogP) is 17.1. The van der Waals surface area contributed by atoms with Gasteiger partial charge in [-0.3, -0.25) is 9.59 Å². The molecule has 0 bridgehead atoms. The van der Waals surface area contributed by atoms with Gasteiger partial charge in [0.25, 0.3) is 0 Å². The van der Waals surface area contributed by atoms with E-state index in [1.807, 2.05) is 0 Å². The first-order valence-corrected chi connectivity index (χ1v) is 25.5. The van der Waals surface area contributed by atoms with Crippen LogP contribution in [0.3, 0.4) is 0 Å². The Labute approximate surface area is 372 Å². The summed E-state index contributed by atoms with van der Waals surface area (Å²) in [6, 6.07) is 0. The first kappa shape index (κ1) is 57.3. The van der Waals surface area contributed by atoms with Gasteiger partial charge in [0.05, 0.1) is 6.61 Å². The van der Waals surface area contributed by atoms with Crippen LogP contribution in [0.4, 0.5) is 0 Å². The van der Waals surface area contributed by atoms with E-state index in [-0.39, 0.29) is 25.2 Å². The van der Waals surface area contributed by atoms with Gasteiger partial charge in [0, 0.05) is 19.4 Å². The minimum Gasteiger partial charge on any atom is -0.462 e. The van der Waals surface area contributed by atoms with E-state index in [0.717, 1.165) is 96.3 Å². The summed E-state index contributed by atoms with van der Waals surface area (Å²) in [5.41, 5.74) is 0. The molecule has 346 valence electrons. The van der Waals surface area contributed by atoms with Gasteiger partial charge in [-0.05, 0) is 109 Å². The predicted molar refractivity (Wildman–Crippen MR) is 260 cm³/mol. The van der Waals surface area contributed by atoms with Crippen LogP contribution in [-0.4, -0.2) is 37.9 Å². The second kappa shape index (κ2) is 50.7. The van der Waals surface area contributed by atoms with Crippen molar-refractivity contribution in [3.8, 4) is 0 Å². The second-order valence-corrected chi connectivity index (χ2v) is 16.7. The van der Waals surface area contributed by atoms with Crippen LogP contribution in [0.5, 0.6) is 0 Å². The number of allylic oxidation sites excluding steroid dienone is 12. The Morgan fingerprint density at radius 1 is 0.383 bits per heavy atom. The van der Waals surface area contributed by atoms with E-state index in [1.54, 1.807) is 0 Å². The highest BCUT2D eigenvalue weighted by atomic mass is 16.6. The lowest BCUT2D eigenvalue weighted by Crippen LogP contribution is -2.30. The minimum absolute atomic E-state index is 0.0652. The molecule has 0 aromatic heterocycles. The standard InChI is InChI=1S/C55H96O5/c1-4-7-10-13-16-19-22-25-27-28-29-31-33-36-39-42-45-48-54(56)59-52-53(51-58-50-47-44-41-38-35-32-26-23-20-17-14-11-8-5-2)60-55(57)49-46-43-40-37-34-30-24-21-18-15-12-9-6-3/h7,10,16,19-21,23-25,27,29,31,53H,4-6,8-9,11-15,17-18,22,26,28,30,32-52H2,1-3H3/b10-7-,19-16-,23-20-,24-21-,27-25-,31-29-. The molecule has 5 nitrogen and oxygen atoms in total. The molecule has 0 aromatic rings. The summed E-state index contributed by atoms with van der Waals surface area (Å²) in [5.74, 6) is -0.436. The average Bonchev–Trinajstić information content (AvgIpc) is 3.25. The van der Waals surface area contributed by atoms with Crippen molar-refractivity contribution in [1.82, 2.24) is 0 Å². The minimum atomic E-state index is -0.555. The number of rotatable bonds is 46. The number of ether oxygens (including phenoxy) is 3. The fraction of sp³-hybridized carbons (Fsp3) is 0.745. The molecule has 0 saturated carbocycles. The van der Waals surface area contributed by atoms with E-state index in [9.17, 15) is 9.59 Å². The van der Waals surface area contributed by atoms with Gasteiger partial charge in [0.15, 0.2) is 6.10 Å². The first-order chi connectivity index (χ1) is 29.6. The molecule has 0 radical (unpaired) electrons. The summed E-state index contributed by atoms with van der Waals surface area (Å²) in [6.45, 7) is 7.65. The van der Waals surface area contributed by atoms with Crippen molar-refractivity contribution in [3.05, 3.63) is 72.9 Å². The lowest BCUT2D eigenvalue weighted by Gasteiger charge is -2.18. The van der Waals surface area contributed by atoms with Gasteiger partial charge >= 0.3 is 11.9 Å². The smallest absolute Gasteiger partial charge is 0.306 e. The number of hydrogen-bond acceptors (Lipinski definition) is 5. The van der Waals surface area contributed by atoms with Crippen LogP contribution in [0.15, 0.2) is 72.9 Å². The second-order valence-electron chi connectivity index (χ2n) is 16.7. The van der Waals surface area contributed by atoms with Crippen molar-refractivity contribution >= 4 is 11.9 Å². The van der Waals surface area contributed by atoms with E-state index in [2.05, 4.69) is 93.7 Å². The number of esters is 2. The molecule has 0 amide bonds. The summed E-state index contributed by atoms with van der Waals surface area (Å²) >= 11 is 0. The van der Waals surface area contributed by atoms with Crippen molar-refractivity contribution in [2.45, 2.75) is 245 Å². The number of carbonyl (C=O) groups is 2. The molecule has 0 spiro atoms. The number of carbonyl (C=O) groups excluding carboxylic acids is 2. The Morgan fingerprint density at radius 2 is 0.750 bits per heavy atom. The molecule has 0 aliphatic rings. The maximum Gasteiger partial charge on any atom is 0.306 e. The summed E-state index contributed by atoms with van der Waals surface area (Å²) in [6.07, 6.45) is 64.7. The Bertz CT molecular complexity index is 1080. The van der Waals surface area contributed by atoms with E-state index in [1.165, 1.54) is 109 Å². The number of unbranched alkanes of at least 4 members (excludes halogenated alkanes) is 23. The zero-order valence-corrected chi connectivity index (χ0v) is 39.7. The van der Waals surface area contributed by atoms with E-state index in [4.69, 9.17) is 14.2 Å². The molecule has 0 heterocycles. The quantitative estimate of drug-likeness (QED) is 0.0347. The van der Waals surface area contributed by atoms with Crippen molar-refractivity contribution in [2.75, 3.05) is 19.8 Å². The van der Waals surface area contributed by atoms with Gasteiger partial charge in [-0.2, -0.15) is 0 Å². The van der Waals surface area contributed by atoms with E-state index >= 15 is 0 Å². The molecule has 60 heavy (non-hydrogen) atoms. The highest BCUT2D eigenvalue weighted by molar-refractivity contribution is 5.70. The zero-order valence-electron chi connectivity index (χ0n) is 39.7. The molecule has 0 aromatic carbocycles. The maximum atomic E-state index is 12.8. The average molecular weight is 837 g/mol. The molecule has 0 fully saturated rings. The van der Waals surface area contributed by atoms with Crippen molar-refractivity contribution in [2.24, 2.45) is 0 Å². The van der Waals surface area contributed by atoms with Crippen LogP contribution in [-0.2, 0) is 23.8 Å². The summed E-state index contributed by atoms with van der Waals surface area (Å²) in [7, 11) is 0. The Morgan fingerprint density at radius 3 is 1.22 bits per heavy atom. The van der Waals surface area contributed by atoms with Crippen molar-refractivity contribution < 1.29 is 23.8 Å². The van der Waals surface area contributed by atoms with Crippen LogP contribution in [0.2, 0.25) is 0 Å². The summed E-state index contributed by atoms with van der Waals surface area (Å²) < 4.78 is 17.4. The zero-order chi connectivity index (χ0) is 43.5. The molecule has 1 atom stereocenters. The monoisotopic (exact) mass is 837 g/mol. The molecule has 5 heteroatoms. The summed E-state index contributed by atoms with van der Waals surface area (Å²) in [4.78, 5) is 25.4. The topological polar surface area (TPSA) is 61.8 Å². The maximum absolute atomic E-state index is 12.8. The van der Waals surface area contributed by atoms with Crippen LogP contribution in [0.25, 0.3) is 0 Å². The van der Waals surface area contributed by atoms with Gasteiger partial charge in [-0.1, -0.05) is 190 Å². The Hall–Kier alpha value is -2.66. The molecule has 1 unspecified atom stereocenters.